The van der Waals surface area contributed by atoms with E-state index in [0.29, 0.717) is 0 Å². The fourth-order valence-corrected chi connectivity index (χ4v) is 3.16. The van der Waals surface area contributed by atoms with Gasteiger partial charge in [-0.3, -0.25) is 9.59 Å². The van der Waals surface area contributed by atoms with E-state index < -0.39 is 0 Å². The Labute approximate surface area is 155 Å². The predicted molar refractivity (Wildman–Crippen MR) is 105 cm³/mol. The van der Waals surface area contributed by atoms with Crippen LogP contribution in [0.15, 0.2) is 82.2 Å². The summed E-state index contributed by atoms with van der Waals surface area (Å²) < 4.78 is 5.31. The summed E-state index contributed by atoms with van der Waals surface area (Å²) in [6, 6.07) is 20.1. The Bertz CT molecular complexity index is 1150. The van der Waals surface area contributed by atoms with Crippen LogP contribution in [0.1, 0.15) is 21.7 Å². The first kappa shape index (κ1) is 16.8. The number of H-pyrrole nitrogens is 1. The third-order valence-electron chi connectivity index (χ3n) is 4.46. The minimum Gasteiger partial charge on any atom is -0.459 e. The van der Waals surface area contributed by atoms with Gasteiger partial charge in [-0.15, -0.1) is 0 Å². The van der Waals surface area contributed by atoms with Crippen LogP contribution in [0.5, 0.6) is 0 Å². The first-order valence-corrected chi connectivity index (χ1v) is 8.65. The van der Waals surface area contributed by atoms with Gasteiger partial charge in [0.2, 0.25) is 5.56 Å². The molecule has 0 spiro atoms. The van der Waals surface area contributed by atoms with Gasteiger partial charge in [0.1, 0.15) is 0 Å². The largest absolute Gasteiger partial charge is 0.459 e. The summed E-state index contributed by atoms with van der Waals surface area (Å²) in [5.41, 5.74) is 3.15. The number of pyridine rings is 1. The van der Waals surface area contributed by atoms with Crippen molar-refractivity contribution in [3.05, 3.63) is 100 Å². The molecule has 0 unspecified atom stereocenters. The molecule has 0 aliphatic rings. The number of amides is 1. The molecule has 0 saturated carbocycles. The summed E-state index contributed by atoms with van der Waals surface area (Å²) in [7, 11) is 0. The molecule has 4 rings (SSSR count). The van der Waals surface area contributed by atoms with Gasteiger partial charge in [-0.1, -0.05) is 29.8 Å². The van der Waals surface area contributed by atoms with E-state index in [2.05, 4.69) is 4.98 Å². The molecular weight excluding hydrogens is 340 g/mol. The number of nitrogens with zero attached hydrogens (tertiary/aromatic N) is 1. The molecule has 0 atom stereocenters. The second kappa shape index (κ2) is 6.96. The van der Waals surface area contributed by atoms with Gasteiger partial charge in [0.05, 0.1) is 12.8 Å². The summed E-state index contributed by atoms with van der Waals surface area (Å²) >= 11 is 0. The Kier molecular flexibility index (Phi) is 4.34. The lowest BCUT2D eigenvalue weighted by atomic mass is 10.1. The quantitative estimate of drug-likeness (QED) is 0.592. The van der Waals surface area contributed by atoms with Gasteiger partial charge in [-0.05, 0) is 48.9 Å². The SMILES string of the molecule is Cc1ccc2[nH]c(=O)cc(CN(C(=O)c3ccco3)c3ccccc3)c2c1. The Morgan fingerprint density at radius 1 is 1.04 bits per heavy atom. The number of hydrogen-bond donors (Lipinski definition) is 1. The van der Waals surface area contributed by atoms with Crippen molar-refractivity contribution in [1.82, 2.24) is 4.98 Å². The number of anilines is 1. The van der Waals surface area contributed by atoms with Gasteiger partial charge in [0.25, 0.3) is 5.91 Å². The zero-order valence-electron chi connectivity index (χ0n) is 14.8. The number of furan rings is 1. The zero-order valence-corrected chi connectivity index (χ0v) is 14.8. The van der Waals surface area contributed by atoms with Gasteiger partial charge in [-0.25, -0.2) is 0 Å². The van der Waals surface area contributed by atoms with Crippen LogP contribution in [-0.4, -0.2) is 10.9 Å². The molecule has 2 heterocycles. The van der Waals surface area contributed by atoms with E-state index in [4.69, 9.17) is 4.42 Å². The average Bonchev–Trinajstić information content (AvgIpc) is 3.21. The topological polar surface area (TPSA) is 66.3 Å². The number of nitrogens with one attached hydrogen (secondary N) is 1. The van der Waals surface area contributed by atoms with E-state index in [0.717, 1.165) is 27.7 Å². The van der Waals surface area contributed by atoms with Crippen LogP contribution >= 0.6 is 0 Å². The Morgan fingerprint density at radius 3 is 2.59 bits per heavy atom. The van der Waals surface area contributed by atoms with Crippen LogP contribution in [0.25, 0.3) is 10.9 Å². The van der Waals surface area contributed by atoms with Gasteiger partial charge >= 0.3 is 0 Å². The monoisotopic (exact) mass is 358 g/mol. The maximum absolute atomic E-state index is 13.0. The highest BCUT2D eigenvalue weighted by molar-refractivity contribution is 6.04. The van der Waals surface area contributed by atoms with E-state index in [1.165, 1.54) is 6.26 Å². The maximum atomic E-state index is 13.0. The molecule has 134 valence electrons. The number of fused-ring (bicyclic) bond motifs is 1. The van der Waals surface area contributed by atoms with Crippen LogP contribution in [0.4, 0.5) is 5.69 Å². The first-order valence-electron chi connectivity index (χ1n) is 8.65. The van der Waals surface area contributed by atoms with Crippen molar-refractivity contribution < 1.29 is 9.21 Å². The highest BCUT2D eigenvalue weighted by atomic mass is 16.3. The number of benzene rings is 2. The van der Waals surface area contributed by atoms with E-state index in [1.54, 1.807) is 23.1 Å². The van der Waals surface area contributed by atoms with Crippen molar-refractivity contribution in [2.24, 2.45) is 0 Å². The average molecular weight is 358 g/mol. The van der Waals surface area contributed by atoms with Crippen molar-refractivity contribution in [3.8, 4) is 0 Å². The van der Waals surface area contributed by atoms with E-state index in [9.17, 15) is 9.59 Å². The van der Waals surface area contributed by atoms with Crippen LogP contribution in [-0.2, 0) is 6.54 Å². The highest BCUT2D eigenvalue weighted by Gasteiger charge is 2.21. The molecule has 1 amide bonds. The molecule has 0 saturated heterocycles. The highest BCUT2D eigenvalue weighted by Crippen LogP contribution is 2.24. The lowest BCUT2D eigenvalue weighted by molar-refractivity contribution is 0.0958. The molecule has 0 fully saturated rings. The molecule has 1 N–H and O–H groups in total. The van der Waals surface area contributed by atoms with Crippen LogP contribution in [0.3, 0.4) is 0 Å². The molecule has 2 aromatic heterocycles. The van der Waals surface area contributed by atoms with Crippen LogP contribution in [0.2, 0.25) is 0 Å². The third-order valence-corrected chi connectivity index (χ3v) is 4.46. The smallest absolute Gasteiger partial charge is 0.294 e. The molecule has 0 aliphatic heterocycles. The molecular formula is C22H18N2O3. The van der Waals surface area contributed by atoms with E-state index in [1.807, 2.05) is 55.5 Å². The summed E-state index contributed by atoms with van der Waals surface area (Å²) in [5, 5.41) is 0.919. The van der Waals surface area contributed by atoms with E-state index >= 15 is 0 Å². The first-order chi connectivity index (χ1) is 13.1. The number of carbonyl (C=O) groups is 1. The van der Waals surface area contributed by atoms with Crippen LogP contribution in [0, 0.1) is 6.92 Å². The number of carbonyl (C=O) groups excluding carboxylic acids is 1. The molecule has 0 aliphatic carbocycles. The second-order valence-electron chi connectivity index (χ2n) is 6.41. The van der Waals surface area contributed by atoms with Crippen molar-refractivity contribution in [1.29, 1.82) is 0 Å². The summed E-state index contributed by atoms with van der Waals surface area (Å²) in [4.78, 5) is 29.6. The molecule has 27 heavy (non-hydrogen) atoms. The van der Waals surface area contributed by atoms with Gasteiger partial charge in [0.15, 0.2) is 5.76 Å². The summed E-state index contributed by atoms with van der Waals surface area (Å²) in [6.07, 6.45) is 1.47. The van der Waals surface area contributed by atoms with E-state index in [-0.39, 0.29) is 23.8 Å². The normalized spacial score (nSPS) is 10.9. The molecule has 0 bridgehead atoms. The Morgan fingerprint density at radius 2 is 1.85 bits per heavy atom. The fourth-order valence-electron chi connectivity index (χ4n) is 3.16. The Hall–Kier alpha value is -3.60. The molecule has 5 nitrogen and oxygen atoms in total. The lowest BCUT2D eigenvalue weighted by Crippen LogP contribution is -2.30. The summed E-state index contributed by atoms with van der Waals surface area (Å²) in [6.45, 7) is 2.25. The predicted octanol–water partition coefficient (Wildman–Crippen LogP) is 4.28. The third kappa shape index (κ3) is 3.40. The minimum absolute atomic E-state index is 0.195. The van der Waals surface area contributed by atoms with Gasteiger partial charge < -0.3 is 14.3 Å². The number of rotatable bonds is 4. The molecule has 5 heteroatoms. The molecule has 4 aromatic rings. The van der Waals surface area contributed by atoms with Crippen molar-refractivity contribution in [3.63, 3.8) is 0 Å². The lowest BCUT2D eigenvalue weighted by Gasteiger charge is -2.22. The number of aromatic amines is 1. The van der Waals surface area contributed by atoms with Gasteiger partial charge in [0, 0.05) is 22.7 Å². The van der Waals surface area contributed by atoms with Crippen molar-refractivity contribution in [2.75, 3.05) is 4.90 Å². The zero-order chi connectivity index (χ0) is 18.8. The Balaban J connectivity index is 1.83. The second-order valence-corrected chi connectivity index (χ2v) is 6.41. The standard InChI is InChI=1S/C22H18N2O3/c1-15-9-10-19-18(12-15)16(13-21(25)23-19)14-24(17-6-3-2-4-7-17)22(26)20-8-5-11-27-20/h2-13H,14H2,1H3,(H,23,25). The molecule has 0 radical (unpaired) electrons. The van der Waals surface area contributed by atoms with Crippen LogP contribution < -0.4 is 10.5 Å². The number of hydrogen-bond acceptors (Lipinski definition) is 3. The molecule has 2 aromatic carbocycles. The number of para-hydroxylation sites is 1. The summed E-state index contributed by atoms with van der Waals surface area (Å²) in [5.74, 6) is -0.00327. The fraction of sp³-hybridized carbons (Fsp3) is 0.0909. The van der Waals surface area contributed by atoms with Crippen molar-refractivity contribution in [2.45, 2.75) is 13.5 Å². The maximum Gasteiger partial charge on any atom is 0.294 e. The van der Waals surface area contributed by atoms with Crippen molar-refractivity contribution >= 4 is 22.5 Å². The minimum atomic E-state index is -0.257. The number of aromatic nitrogens is 1. The van der Waals surface area contributed by atoms with Gasteiger partial charge in [-0.2, -0.15) is 0 Å². The number of aryl methyl sites for hydroxylation is 1.